The molecule has 0 aromatic rings. The van der Waals surface area contributed by atoms with Crippen LogP contribution in [-0.2, 0) is 4.79 Å². The van der Waals surface area contributed by atoms with Crippen molar-refractivity contribution in [3.05, 3.63) is 0 Å². The average molecular weight is 238 g/mol. The van der Waals surface area contributed by atoms with E-state index in [4.69, 9.17) is 5.11 Å². The van der Waals surface area contributed by atoms with Crippen molar-refractivity contribution in [1.29, 1.82) is 0 Å². The molecule has 5 heteroatoms. The summed E-state index contributed by atoms with van der Waals surface area (Å²) in [6, 6.07) is 0. The summed E-state index contributed by atoms with van der Waals surface area (Å²) in [6.07, 6.45) is -3.30. The van der Waals surface area contributed by atoms with Gasteiger partial charge in [0.15, 0.2) is 0 Å². The standard InChI is InChI=1S/C11H17F3O2/c1-10(2,9(15)16)7-3-5-8(6-4-7)11(12,13)14/h7-8H,3-6H2,1-2H3,(H,15,16). The molecule has 0 aromatic carbocycles. The van der Waals surface area contributed by atoms with Crippen LogP contribution in [0.5, 0.6) is 0 Å². The van der Waals surface area contributed by atoms with E-state index >= 15 is 0 Å². The summed E-state index contributed by atoms with van der Waals surface area (Å²) in [5, 5.41) is 9.00. The Hall–Kier alpha value is -0.740. The number of halogens is 3. The van der Waals surface area contributed by atoms with E-state index in [0.717, 1.165) is 0 Å². The van der Waals surface area contributed by atoms with Crippen molar-refractivity contribution in [1.82, 2.24) is 0 Å². The number of carboxylic acid groups (broad SMARTS) is 1. The minimum Gasteiger partial charge on any atom is -0.481 e. The Kier molecular flexibility index (Phi) is 3.55. The lowest BCUT2D eigenvalue weighted by Crippen LogP contribution is -2.37. The highest BCUT2D eigenvalue weighted by Gasteiger charge is 2.45. The van der Waals surface area contributed by atoms with Gasteiger partial charge in [-0.1, -0.05) is 0 Å². The monoisotopic (exact) mass is 238 g/mol. The first-order valence-electron chi connectivity index (χ1n) is 5.46. The van der Waals surface area contributed by atoms with Crippen LogP contribution in [0.25, 0.3) is 0 Å². The van der Waals surface area contributed by atoms with Gasteiger partial charge in [-0.2, -0.15) is 13.2 Å². The highest BCUT2D eigenvalue weighted by molar-refractivity contribution is 5.74. The Balaban J connectivity index is 2.59. The van der Waals surface area contributed by atoms with Gasteiger partial charge in [0.1, 0.15) is 0 Å². The summed E-state index contributed by atoms with van der Waals surface area (Å²) < 4.78 is 37.2. The minimum atomic E-state index is -4.13. The molecule has 0 saturated heterocycles. The molecule has 1 aliphatic rings. The molecule has 16 heavy (non-hydrogen) atoms. The van der Waals surface area contributed by atoms with Gasteiger partial charge in [0.05, 0.1) is 11.3 Å². The lowest BCUT2D eigenvalue weighted by molar-refractivity contribution is -0.187. The van der Waals surface area contributed by atoms with Crippen molar-refractivity contribution >= 4 is 5.97 Å². The first-order chi connectivity index (χ1) is 7.15. The summed E-state index contributed by atoms with van der Waals surface area (Å²) in [4.78, 5) is 11.0. The molecule has 1 saturated carbocycles. The number of alkyl halides is 3. The molecule has 0 heterocycles. The lowest BCUT2D eigenvalue weighted by atomic mass is 9.68. The van der Waals surface area contributed by atoms with E-state index in [1.54, 1.807) is 13.8 Å². The molecular weight excluding hydrogens is 221 g/mol. The fourth-order valence-corrected chi connectivity index (χ4v) is 2.32. The molecule has 0 aliphatic heterocycles. The molecule has 1 rings (SSSR count). The number of hydrogen-bond acceptors (Lipinski definition) is 1. The number of hydrogen-bond donors (Lipinski definition) is 1. The number of rotatable bonds is 2. The molecule has 0 unspecified atom stereocenters. The van der Waals surface area contributed by atoms with Gasteiger partial charge in [0, 0.05) is 0 Å². The van der Waals surface area contributed by atoms with Gasteiger partial charge in [-0.05, 0) is 45.4 Å². The Bertz CT molecular complexity index is 263. The number of carboxylic acids is 1. The summed E-state index contributed by atoms with van der Waals surface area (Å²) in [5.74, 6) is -2.32. The maximum Gasteiger partial charge on any atom is 0.391 e. The maximum absolute atomic E-state index is 12.4. The second-order valence-electron chi connectivity index (χ2n) is 5.12. The van der Waals surface area contributed by atoms with Gasteiger partial charge in [0.25, 0.3) is 0 Å². The fraction of sp³-hybridized carbons (Fsp3) is 0.909. The highest BCUT2D eigenvalue weighted by Crippen LogP contribution is 2.45. The summed E-state index contributed by atoms with van der Waals surface area (Å²) in [7, 11) is 0. The number of aliphatic carboxylic acids is 1. The van der Waals surface area contributed by atoms with Crippen molar-refractivity contribution in [2.45, 2.75) is 45.7 Å². The summed E-state index contributed by atoms with van der Waals surface area (Å²) >= 11 is 0. The lowest BCUT2D eigenvalue weighted by Gasteiger charge is -2.36. The summed E-state index contributed by atoms with van der Waals surface area (Å²) in [5.41, 5.74) is -0.920. The van der Waals surface area contributed by atoms with Crippen molar-refractivity contribution in [2.75, 3.05) is 0 Å². The van der Waals surface area contributed by atoms with E-state index in [1.165, 1.54) is 0 Å². The second-order valence-corrected chi connectivity index (χ2v) is 5.12. The Morgan fingerprint density at radius 1 is 1.06 bits per heavy atom. The SMILES string of the molecule is CC(C)(C(=O)O)C1CCC(C(F)(F)F)CC1. The molecule has 1 fully saturated rings. The van der Waals surface area contributed by atoms with Gasteiger partial charge in [-0.25, -0.2) is 0 Å². The molecular formula is C11H17F3O2. The topological polar surface area (TPSA) is 37.3 Å². The van der Waals surface area contributed by atoms with E-state index in [1.807, 2.05) is 0 Å². The summed E-state index contributed by atoms with van der Waals surface area (Å²) in [6.45, 7) is 3.18. The molecule has 0 spiro atoms. The maximum atomic E-state index is 12.4. The first-order valence-corrected chi connectivity index (χ1v) is 5.46. The molecule has 1 N–H and O–H groups in total. The largest absolute Gasteiger partial charge is 0.481 e. The third-order valence-electron chi connectivity index (χ3n) is 3.76. The molecule has 0 bridgehead atoms. The molecule has 0 amide bonds. The zero-order chi connectivity index (χ0) is 12.6. The average Bonchev–Trinajstić information content (AvgIpc) is 2.16. The van der Waals surface area contributed by atoms with Crippen LogP contribution in [-0.4, -0.2) is 17.3 Å². The quantitative estimate of drug-likeness (QED) is 0.799. The first kappa shape index (κ1) is 13.3. The Morgan fingerprint density at radius 3 is 1.75 bits per heavy atom. The molecule has 0 radical (unpaired) electrons. The van der Waals surface area contributed by atoms with Crippen LogP contribution < -0.4 is 0 Å². The van der Waals surface area contributed by atoms with Crippen LogP contribution in [0.3, 0.4) is 0 Å². The third-order valence-corrected chi connectivity index (χ3v) is 3.76. The normalized spacial score (nSPS) is 27.8. The predicted molar refractivity (Wildman–Crippen MR) is 52.9 cm³/mol. The smallest absolute Gasteiger partial charge is 0.391 e. The molecule has 94 valence electrons. The van der Waals surface area contributed by atoms with E-state index in [9.17, 15) is 18.0 Å². The van der Waals surface area contributed by atoms with Crippen molar-refractivity contribution in [2.24, 2.45) is 17.3 Å². The van der Waals surface area contributed by atoms with Gasteiger partial charge >= 0.3 is 12.1 Å². The van der Waals surface area contributed by atoms with Crippen LogP contribution in [0.1, 0.15) is 39.5 Å². The predicted octanol–water partition coefficient (Wildman–Crippen LogP) is 3.47. The molecule has 1 aliphatic carbocycles. The zero-order valence-electron chi connectivity index (χ0n) is 9.47. The highest BCUT2D eigenvalue weighted by atomic mass is 19.4. The molecule has 2 nitrogen and oxygen atoms in total. The molecule has 0 aromatic heterocycles. The van der Waals surface area contributed by atoms with Crippen LogP contribution in [0.2, 0.25) is 0 Å². The number of carbonyl (C=O) groups is 1. The van der Waals surface area contributed by atoms with E-state index in [2.05, 4.69) is 0 Å². The second kappa shape index (κ2) is 4.26. The third kappa shape index (κ3) is 2.68. The van der Waals surface area contributed by atoms with Gasteiger partial charge in [-0.15, -0.1) is 0 Å². The van der Waals surface area contributed by atoms with Gasteiger partial charge in [-0.3, -0.25) is 4.79 Å². The fourth-order valence-electron chi connectivity index (χ4n) is 2.32. The van der Waals surface area contributed by atoms with Crippen LogP contribution >= 0.6 is 0 Å². The van der Waals surface area contributed by atoms with Gasteiger partial charge < -0.3 is 5.11 Å². The van der Waals surface area contributed by atoms with Crippen molar-refractivity contribution in [3.8, 4) is 0 Å². The van der Waals surface area contributed by atoms with Crippen LogP contribution in [0, 0.1) is 17.3 Å². The van der Waals surface area contributed by atoms with Crippen LogP contribution in [0.4, 0.5) is 13.2 Å². The minimum absolute atomic E-state index is 0.0604. The van der Waals surface area contributed by atoms with Gasteiger partial charge in [0.2, 0.25) is 0 Å². The van der Waals surface area contributed by atoms with Crippen LogP contribution in [0.15, 0.2) is 0 Å². The molecule has 0 atom stereocenters. The Morgan fingerprint density at radius 2 is 1.44 bits per heavy atom. The Labute approximate surface area is 92.8 Å². The van der Waals surface area contributed by atoms with E-state index in [0.29, 0.717) is 12.8 Å². The van der Waals surface area contributed by atoms with E-state index < -0.39 is 23.5 Å². The van der Waals surface area contributed by atoms with E-state index in [-0.39, 0.29) is 18.8 Å². The zero-order valence-corrected chi connectivity index (χ0v) is 9.47. The van der Waals surface area contributed by atoms with Crippen molar-refractivity contribution in [3.63, 3.8) is 0 Å². The van der Waals surface area contributed by atoms with Crippen molar-refractivity contribution < 1.29 is 23.1 Å².